The van der Waals surface area contributed by atoms with Gasteiger partial charge in [-0.1, -0.05) is 0 Å². The van der Waals surface area contributed by atoms with E-state index < -0.39 is 0 Å². The van der Waals surface area contributed by atoms with E-state index in [1.54, 1.807) is 11.3 Å². The number of halogens is 2. The molecule has 0 aliphatic carbocycles. The van der Waals surface area contributed by atoms with E-state index in [2.05, 4.69) is 31.9 Å². The highest BCUT2D eigenvalue weighted by Crippen LogP contribution is 2.35. The van der Waals surface area contributed by atoms with Crippen molar-refractivity contribution in [2.45, 2.75) is 12.5 Å². The predicted octanol–water partition coefficient (Wildman–Crippen LogP) is 2.62. The van der Waals surface area contributed by atoms with E-state index in [9.17, 15) is 0 Å². The molecule has 0 bridgehead atoms. The third-order valence-electron chi connectivity index (χ3n) is 1.51. The van der Waals surface area contributed by atoms with Crippen LogP contribution in [0.4, 0.5) is 0 Å². The molecule has 0 saturated heterocycles. The maximum absolute atomic E-state index is 5.88. The van der Waals surface area contributed by atoms with Gasteiger partial charge in [0.2, 0.25) is 0 Å². The van der Waals surface area contributed by atoms with Crippen molar-refractivity contribution in [1.82, 2.24) is 0 Å². The Morgan fingerprint density at radius 1 is 1.50 bits per heavy atom. The van der Waals surface area contributed by atoms with Gasteiger partial charge >= 0.3 is 0 Å². The van der Waals surface area contributed by atoms with Crippen molar-refractivity contribution in [2.75, 3.05) is 6.54 Å². The van der Waals surface area contributed by atoms with Crippen LogP contribution < -0.4 is 11.5 Å². The second kappa shape index (κ2) is 4.72. The Bertz CT molecular complexity index is 242. The van der Waals surface area contributed by atoms with Crippen molar-refractivity contribution in [1.29, 1.82) is 0 Å². The molecule has 1 rings (SSSR count). The van der Waals surface area contributed by atoms with Gasteiger partial charge in [-0.3, -0.25) is 0 Å². The molecule has 0 aromatic carbocycles. The molecule has 0 spiro atoms. The molecule has 0 fully saturated rings. The zero-order valence-corrected chi connectivity index (χ0v) is 10.4. The van der Waals surface area contributed by atoms with Gasteiger partial charge in [-0.25, -0.2) is 0 Å². The van der Waals surface area contributed by atoms with Gasteiger partial charge in [0.15, 0.2) is 0 Å². The minimum atomic E-state index is 0.0719. The van der Waals surface area contributed by atoms with Crippen LogP contribution in [0.3, 0.4) is 0 Å². The van der Waals surface area contributed by atoms with Gasteiger partial charge in [0.1, 0.15) is 0 Å². The van der Waals surface area contributed by atoms with Crippen LogP contribution in [-0.2, 0) is 0 Å². The van der Waals surface area contributed by atoms with Gasteiger partial charge in [0, 0.05) is 15.4 Å². The molecular weight excluding hydrogens is 304 g/mol. The van der Waals surface area contributed by atoms with Gasteiger partial charge in [0.05, 0.1) is 3.79 Å². The zero-order valence-electron chi connectivity index (χ0n) is 6.39. The number of hydrogen-bond acceptors (Lipinski definition) is 3. The molecule has 12 heavy (non-hydrogen) atoms. The number of nitrogens with two attached hydrogens (primary N) is 2. The van der Waals surface area contributed by atoms with Gasteiger partial charge in [-0.05, 0) is 50.9 Å². The summed E-state index contributed by atoms with van der Waals surface area (Å²) in [6.45, 7) is 0.633. The fourth-order valence-corrected chi connectivity index (χ4v) is 2.99. The van der Waals surface area contributed by atoms with Crippen LogP contribution >= 0.6 is 43.2 Å². The highest BCUT2D eigenvalue weighted by Gasteiger charge is 2.10. The lowest BCUT2D eigenvalue weighted by Gasteiger charge is -2.05. The monoisotopic (exact) mass is 312 g/mol. The van der Waals surface area contributed by atoms with E-state index >= 15 is 0 Å². The normalized spacial score (nSPS) is 13.3. The van der Waals surface area contributed by atoms with Crippen molar-refractivity contribution in [3.8, 4) is 0 Å². The Balaban J connectivity index is 2.74. The van der Waals surface area contributed by atoms with Crippen molar-refractivity contribution in [2.24, 2.45) is 11.5 Å². The summed E-state index contributed by atoms with van der Waals surface area (Å²) in [5.41, 5.74) is 11.3. The second-order valence-electron chi connectivity index (χ2n) is 2.45. The molecule has 5 heteroatoms. The predicted molar refractivity (Wildman–Crippen MR) is 60.3 cm³/mol. The Morgan fingerprint density at radius 2 is 2.17 bits per heavy atom. The van der Waals surface area contributed by atoms with Crippen LogP contribution in [-0.4, -0.2) is 6.54 Å². The molecule has 2 nitrogen and oxygen atoms in total. The first-order chi connectivity index (χ1) is 5.65. The molecule has 0 aliphatic rings. The summed E-state index contributed by atoms with van der Waals surface area (Å²) in [5, 5.41) is 0. The lowest BCUT2D eigenvalue weighted by molar-refractivity contribution is 0.672. The Morgan fingerprint density at radius 3 is 2.58 bits per heavy atom. The van der Waals surface area contributed by atoms with Gasteiger partial charge < -0.3 is 11.5 Å². The van der Waals surface area contributed by atoms with E-state index in [0.29, 0.717) is 6.54 Å². The average Bonchev–Trinajstić information content (AvgIpc) is 2.33. The molecule has 1 unspecified atom stereocenters. The molecule has 1 aromatic heterocycles. The van der Waals surface area contributed by atoms with E-state index in [4.69, 9.17) is 11.5 Å². The molecule has 4 N–H and O–H groups in total. The van der Waals surface area contributed by atoms with Crippen molar-refractivity contribution in [3.63, 3.8) is 0 Å². The van der Waals surface area contributed by atoms with E-state index in [0.717, 1.165) is 14.7 Å². The van der Waals surface area contributed by atoms with Gasteiger partial charge in [-0.2, -0.15) is 0 Å². The van der Waals surface area contributed by atoms with Crippen LogP contribution in [0.25, 0.3) is 0 Å². The van der Waals surface area contributed by atoms with E-state index in [1.165, 1.54) is 4.88 Å². The number of thiophene rings is 1. The first-order valence-electron chi connectivity index (χ1n) is 3.55. The molecule has 0 amide bonds. The van der Waals surface area contributed by atoms with Crippen molar-refractivity contribution < 1.29 is 0 Å². The first kappa shape index (κ1) is 10.7. The van der Waals surface area contributed by atoms with Crippen molar-refractivity contribution in [3.05, 3.63) is 19.2 Å². The molecule has 68 valence electrons. The smallest absolute Gasteiger partial charge is 0.0843 e. The molecule has 1 atom stereocenters. The van der Waals surface area contributed by atoms with Crippen LogP contribution in [0.1, 0.15) is 17.3 Å². The summed E-state index contributed by atoms with van der Waals surface area (Å²) in [7, 11) is 0. The molecular formula is C7H10Br2N2S. The lowest BCUT2D eigenvalue weighted by Crippen LogP contribution is -2.13. The van der Waals surface area contributed by atoms with Crippen molar-refractivity contribution >= 4 is 43.2 Å². The highest BCUT2D eigenvalue weighted by molar-refractivity contribution is 9.13. The summed E-state index contributed by atoms with van der Waals surface area (Å²) in [4.78, 5) is 1.17. The quantitative estimate of drug-likeness (QED) is 0.901. The molecule has 0 aliphatic heterocycles. The van der Waals surface area contributed by atoms with Crippen LogP contribution in [0.15, 0.2) is 14.3 Å². The van der Waals surface area contributed by atoms with Gasteiger partial charge in [-0.15, -0.1) is 11.3 Å². The third kappa shape index (κ3) is 2.53. The Kier molecular flexibility index (Phi) is 4.19. The number of rotatable bonds is 3. The van der Waals surface area contributed by atoms with Crippen LogP contribution in [0, 0.1) is 0 Å². The Hall–Kier alpha value is 0.580. The molecule has 0 saturated carbocycles. The topological polar surface area (TPSA) is 52.0 Å². The maximum atomic E-state index is 5.88. The van der Waals surface area contributed by atoms with Crippen LogP contribution in [0.2, 0.25) is 0 Å². The lowest BCUT2D eigenvalue weighted by atomic mass is 10.2. The zero-order chi connectivity index (χ0) is 9.14. The fraction of sp³-hybridized carbons (Fsp3) is 0.429. The highest BCUT2D eigenvalue weighted by atomic mass is 79.9. The fourth-order valence-electron chi connectivity index (χ4n) is 0.868. The molecule has 1 heterocycles. The van der Waals surface area contributed by atoms with E-state index in [-0.39, 0.29) is 6.04 Å². The summed E-state index contributed by atoms with van der Waals surface area (Å²) < 4.78 is 2.15. The maximum Gasteiger partial charge on any atom is 0.0843 e. The minimum absolute atomic E-state index is 0.0719. The summed E-state index contributed by atoms with van der Waals surface area (Å²) in [5.74, 6) is 0. The summed E-state index contributed by atoms with van der Waals surface area (Å²) in [6.07, 6.45) is 0.833. The molecule has 0 radical (unpaired) electrons. The average molecular weight is 314 g/mol. The standard InChI is InChI=1S/C7H10Br2N2S/c8-4-3-6(12-7(4)9)5(11)1-2-10/h3,5H,1-2,10-11H2. The molecule has 1 aromatic rings. The first-order valence-corrected chi connectivity index (χ1v) is 5.95. The van der Waals surface area contributed by atoms with Crippen LogP contribution in [0.5, 0.6) is 0 Å². The second-order valence-corrected chi connectivity index (χ2v) is 5.71. The van der Waals surface area contributed by atoms with Gasteiger partial charge in [0.25, 0.3) is 0 Å². The third-order valence-corrected chi connectivity index (χ3v) is 4.90. The Labute approximate surface area is 92.6 Å². The SMILES string of the molecule is NCCC(N)c1cc(Br)c(Br)s1. The largest absolute Gasteiger partial charge is 0.330 e. The van der Waals surface area contributed by atoms with E-state index in [1.807, 2.05) is 6.07 Å². The summed E-state index contributed by atoms with van der Waals surface area (Å²) in [6, 6.07) is 2.11. The number of hydrogen-bond donors (Lipinski definition) is 2. The summed E-state index contributed by atoms with van der Waals surface area (Å²) >= 11 is 8.48. The minimum Gasteiger partial charge on any atom is -0.330 e.